The molecule has 2 amide bonds. The first kappa shape index (κ1) is 21.3. The van der Waals surface area contributed by atoms with Crippen LogP contribution in [0.25, 0.3) is 10.4 Å². The van der Waals surface area contributed by atoms with Crippen LogP contribution in [0.4, 0.5) is 0 Å². The number of aromatic nitrogens is 2. The van der Waals surface area contributed by atoms with Crippen molar-refractivity contribution in [2.24, 2.45) is 5.92 Å². The molecular formula is C24H28N4O3S. The molecule has 0 spiro atoms. The fraction of sp³-hybridized carbons (Fsp3) is 0.500. The number of ether oxygens (including phenoxy) is 1. The maximum atomic E-state index is 13.7. The number of fused-ring (bicyclic) bond motifs is 1. The Balaban J connectivity index is 1.36. The Morgan fingerprint density at radius 1 is 1.16 bits per heavy atom. The summed E-state index contributed by atoms with van der Waals surface area (Å²) in [5.74, 6) is -0.161. The van der Waals surface area contributed by atoms with Crippen LogP contribution >= 0.6 is 11.3 Å². The Hall–Kier alpha value is -2.58. The summed E-state index contributed by atoms with van der Waals surface area (Å²) in [5.41, 5.74) is 0.875. The number of allylic oxidation sites excluding steroid dienone is 1. The Bertz CT molecular complexity index is 992. The van der Waals surface area contributed by atoms with Crippen LogP contribution in [0, 0.1) is 5.92 Å². The summed E-state index contributed by atoms with van der Waals surface area (Å²) in [4.78, 5) is 38.5. The predicted molar refractivity (Wildman–Crippen MR) is 122 cm³/mol. The average Bonchev–Trinajstić information content (AvgIpc) is 3.52. The first-order valence-corrected chi connectivity index (χ1v) is 12.3. The van der Waals surface area contributed by atoms with Crippen LogP contribution in [0.2, 0.25) is 0 Å². The number of hydrogen-bond donors (Lipinski definition) is 1. The van der Waals surface area contributed by atoms with E-state index in [2.05, 4.69) is 27.4 Å². The van der Waals surface area contributed by atoms with Gasteiger partial charge in [-0.25, -0.2) is 9.97 Å². The number of thiophene rings is 1. The van der Waals surface area contributed by atoms with Crippen molar-refractivity contribution in [3.8, 4) is 10.4 Å². The maximum Gasteiger partial charge on any atom is 0.262 e. The van der Waals surface area contributed by atoms with Gasteiger partial charge in [-0.3, -0.25) is 9.59 Å². The lowest BCUT2D eigenvalue weighted by atomic mass is 9.93. The van der Waals surface area contributed by atoms with Crippen molar-refractivity contribution in [1.29, 1.82) is 0 Å². The standard InChI is InChI=1S/C24H28N4O3S/c29-23(21-8-7-20(32-21)17-13-25-15-26-14-17)27-22(16-5-3-1-2-4-6-16)24(30)28-11-9-19-18(28)10-12-31-19/h3,5,7-8,13-16,18-19,22H,1-2,4,6,9-12H2,(H,27,29)/t16?,18-,19-,22?/m1/s1. The third-order valence-corrected chi connectivity index (χ3v) is 7.84. The first-order chi connectivity index (χ1) is 15.7. The minimum absolute atomic E-state index is 0.0114. The third-order valence-electron chi connectivity index (χ3n) is 6.71. The van der Waals surface area contributed by atoms with E-state index in [1.807, 2.05) is 17.0 Å². The summed E-state index contributed by atoms with van der Waals surface area (Å²) < 4.78 is 5.79. The molecule has 0 saturated carbocycles. The molecule has 168 valence electrons. The quantitative estimate of drug-likeness (QED) is 0.703. The van der Waals surface area contributed by atoms with Crippen molar-refractivity contribution < 1.29 is 14.3 Å². The van der Waals surface area contributed by atoms with Crippen LogP contribution < -0.4 is 5.32 Å². The molecule has 2 unspecified atom stereocenters. The average molecular weight is 453 g/mol. The molecule has 0 bridgehead atoms. The zero-order valence-electron chi connectivity index (χ0n) is 18.0. The first-order valence-electron chi connectivity index (χ1n) is 11.5. The number of amides is 2. The maximum absolute atomic E-state index is 13.7. The van der Waals surface area contributed by atoms with Gasteiger partial charge < -0.3 is 15.0 Å². The largest absolute Gasteiger partial charge is 0.376 e. The highest BCUT2D eigenvalue weighted by Gasteiger charge is 2.44. The van der Waals surface area contributed by atoms with Crippen molar-refractivity contribution in [3.05, 3.63) is 47.9 Å². The van der Waals surface area contributed by atoms with Gasteiger partial charge in [0, 0.05) is 41.9 Å². The number of carbonyl (C=O) groups excluding carboxylic acids is 2. The number of nitrogens with zero attached hydrogens (tertiary/aromatic N) is 3. The molecule has 4 heterocycles. The van der Waals surface area contributed by atoms with Crippen molar-refractivity contribution in [2.45, 2.75) is 56.7 Å². The Kier molecular flexibility index (Phi) is 6.32. The molecule has 2 fully saturated rings. The van der Waals surface area contributed by atoms with E-state index in [9.17, 15) is 9.59 Å². The van der Waals surface area contributed by atoms with Gasteiger partial charge in [0.25, 0.3) is 5.91 Å². The van der Waals surface area contributed by atoms with Gasteiger partial charge in [0.05, 0.1) is 17.0 Å². The topological polar surface area (TPSA) is 84.4 Å². The van der Waals surface area contributed by atoms with E-state index in [-0.39, 0.29) is 29.9 Å². The summed E-state index contributed by atoms with van der Waals surface area (Å²) in [6.07, 6.45) is 15.3. The fourth-order valence-electron chi connectivity index (χ4n) is 5.05. The zero-order chi connectivity index (χ0) is 21.9. The molecule has 2 saturated heterocycles. The van der Waals surface area contributed by atoms with Gasteiger partial charge in [0.15, 0.2) is 0 Å². The fourth-order valence-corrected chi connectivity index (χ4v) is 5.93. The molecule has 2 aliphatic heterocycles. The second-order valence-corrected chi connectivity index (χ2v) is 9.79. The van der Waals surface area contributed by atoms with E-state index in [1.54, 1.807) is 12.4 Å². The Morgan fingerprint density at radius 2 is 2.03 bits per heavy atom. The molecule has 4 atom stereocenters. The van der Waals surface area contributed by atoms with Gasteiger partial charge >= 0.3 is 0 Å². The highest BCUT2D eigenvalue weighted by Crippen LogP contribution is 2.32. The molecule has 0 aromatic carbocycles. The van der Waals surface area contributed by atoms with Crippen LogP contribution in [0.5, 0.6) is 0 Å². The molecule has 8 heteroatoms. The van der Waals surface area contributed by atoms with Crippen LogP contribution in [0.3, 0.4) is 0 Å². The minimum atomic E-state index is -0.554. The molecule has 1 aliphatic carbocycles. The van der Waals surface area contributed by atoms with E-state index in [4.69, 9.17) is 4.74 Å². The Morgan fingerprint density at radius 3 is 2.91 bits per heavy atom. The predicted octanol–water partition coefficient (Wildman–Crippen LogP) is 3.44. The minimum Gasteiger partial charge on any atom is -0.376 e. The Labute approximate surface area is 191 Å². The van der Waals surface area contributed by atoms with E-state index in [0.717, 1.165) is 49.0 Å². The number of nitrogens with one attached hydrogen (secondary N) is 1. The lowest BCUT2D eigenvalue weighted by Gasteiger charge is -2.31. The van der Waals surface area contributed by atoms with Crippen molar-refractivity contribution in [2.75, 3.05) is 13.2 Å². The third kappa shape index (κ3) is 4.34. The number of carbonyl (C=O) groups is 2. The van der Waals surface area contributed by atoms with E-state index >= 15 is 0 Å². The van der Waals surface area contributed by atoms with Gasteiger partial charge in [-0.15, -0.1) is 11.3 Å². The van der Waals surface area contributed by atoms with Gasteiger partial charge in [-0.2, -0.15) is 0 Å². The van der Waals surface area contributed by atoms with E-state index in [0.29, 0.717) is 18.0 Å². The van der Waals surface area contributed by atoms with Gasteiger partial charge in [0.1, 0.15) is 12.4 Å². The summed E-state index contributed by atoms with van der Waals surface area (Å²) in [6.45, 7) is 1.41. The summed E-state index contributed by atoms with van der Waals surface area (Å²) in [6, 6.07) is 3.30. The molecule has 1 N–H and O–H groups in total. The number of hydrogen-bond acceptors (Lipinski definition) is 6. The SMILES string of the molecule is O=C(NC(C(=O)N1CC[C@H]2OCC[C@H]21)C1C=CCCCC1)c1ccc(-c2cncnc2)s1. The highest BCUT2D eigenvalue weighted by molar-refractivity contribution is 7.17. The van der Waals surface area contributed by atoms with E-state index in [1.165, 1.54) is 17.7 Å². The summed E-state index contributed by atoms with van der Waals surface area (Å²) in [5, 5.41) is 3.11. The molecule has 2 aromatic heterocycles. The van der Waals surface area contributed by atoms with Crippen molar-refractivity contribution in [1.82, 2.24) is 20.2 Å². The molecular weight excluding hydrogens is 424 g/mol. The zero-order valence-corrected chi connectivity index (χ0v) is 18.8. The highest BCUT2D eigenvalue weighted by atomic mass is 32.1. The van der Waals surface area contributed by atoms with Gasteiger partial charge in [0.2, 0.25) is 5.91 Å². The molecule has 32 heavy (non-hydrogen) atoms. The number of likely N-dealkylation sites (tertiary alicyclic amines) is 1. The second kappa shape index (κ2) is 9.50. The summed E-state index contributed by atoms with van der Waals surface area (Å²) >= 11 is 1.39. The van der Waals surface area contributed by atoms with Crippen molar-refractivity contribution in [3.63, 3.8) is 0 Å². The van der Waals surface area contributed by atoms with E-state index < -0.39 is 6.04 Å². The smallest absolute Gasteiger partial charge is 0.262 e. The van der Waals surface area contributed by atoms with Gasteiger partial charge in [-0.1, -0.05) is 18.6 Å². The normalized spacial score (nSPS) is 25.9. The van der Waals surface area contributed by atoms with Crippen LogP contribution in [-0.2, 0) is 9.53 Å². The lowest BCUT2D eigenvalue weighted by molar-refractivity contribution is -0.135. The second-order valence-electron chi connectivity index (χ2n) is 8.70. The van der Waals surface area contributed by atoms with Gasteiger partial charge in [-0.05, 0) is 44.2 Å². The number of rotatable bonds is 5. The monoisotopic (exact) mass is 452 g/mol. The van der Waals surface area contributed by atoms with Crippen molar-refractivity contribution >= 4 is 23.2 Å². The molecule has 0 radical (unpaired) electrons. The summed E-state index contributed by atoms with van der Waals surface area (Å²) in [7, 11) is 0. The van der Waals surface area contributed by atoms with Crippen LogP contribution in [-0.4, -0.2) is 58.0 Å². The molecule has 3 aliphatic rings. The molecule has 2 aromatic rings. The molecule has 5 rings (SSSR count). The lowest BCUT2D eigenvalue weighted by Crippen LogP contribution is -2.53. The molecule has 7 nitrogen and oxygen atoms in total. The van der Waals surface area contributed by atoms with Crippen LogP contribution in [0.1, 0.15) is 48.2 Å². The van der Waals surface area contributed by atoms with Crippen LogP contribution in [0.15, 0.2) is 43.0 Å².